The van der Waals surface area contributed by atoms with Crippen LogP contribution in [0.4, 0.5) is 25.3 Å². The lowest BCUT2D eigenvalue weighted by Crippen LogP contribution is -2.43. The van der Waals surface area contributed by atoms with E-state index in [2.05, 4.69) is 27.9 Å². The van der Waals surface area contributed by atoms with Crippen molar-refractivity contribution in [3.63, 3.8) is 0 Å². The van der Waals surface area contributed by atoms with Crippen molar-refractivity contribution in [1.82, 2.24) is 14.9 Å². The van der Waals surface area contributed by atoms with E-state index < -0.39 is 11.6 Å². The number of aromatic nitrogens is 2. The minimum absolute atomic E-state index is 0.00244. The number of anilines is 2. The van der Waals surface area contributed by atoms with Crippen LogP contribution < -0.4 is 20.1 Å². The molecule has 0 aliphatic carbocycles. The molecule has 3 aliphatic rings. The highest BCUT2D eigenvalue weighted by molar-refractivity contribution is 7.23. The van der Waals surface area contributed by atoms with Crippen molar-refractivity contribution in [2.24, 2.45) is 0 Å². The zero-order valence-electron chi connectivity index (χ0n) is 25.2. The molecule has 7 rings (SSSR count). The molecule has 2 N–H and O–H groups in total. The van der Waals surface area contributed by atoms with Crippen LogP contribution in [0.1, 0.15) is 19.3 Å². The second-order valence-corrected chi connectivity index (χ2v) is 13.3. The lowest BCUT2D eigenvalue weighted by atomic mass is 9.94. The number of rotatable bonds is 8. The number of thiophene rings is 1. The molecule has 2 aromatic heterocycles. The molecule has 2 atom stereocenters. The molecule has 0 amide bonds. The van der Waals surface area contributed by atoms with Gasteiger partial charge >= 0.3 is 6.01 Å². The van der Waals surface area contributed by atoms with Gasteiger partial charge in [0.05, 0.1) is 44.9 Å². The number of nitrogens with zero attached hydrogens (tertiary/aromatic N) is 5. The van der Waals surface area contributed by atoms with Crippen LogP contribution in [-0.2, 0) is 4.74 Å². The van der Waals surface area contributed by atoms with E-state index in [4.69, 9.17) is 43.1 Å². The Morgan fingerprint density at radius 2 is 2.15 bits per heavy atom. The van der Waals surface area contributed by atoms with E-state index in [1.54, 1.807) is 13.2 Å². The zero-order chi connectivity index (χ0) is 32.3. The number of benzene rings is 2. The van der Waals surface area contributed by atoms with Crippen LogP contribution in [-0.4, -0.2) is 73.0 Å². The molecule has 0 bridgehead atoms. The highest BCUT2D eigenvalue weighted by Gasteiger charge is 2.46. The van der Waals surface area contributed by atoms with Gasteiger partial charge in [-0.05, 0) is 37.4 Å². The Morgan fingerprint density at radius 1 is 1.33 bits per heavy atom. The van der Waals surface area contributed by atoms with Gasteiger partial charge in [0.1, 0.15) is 30.4 Å². The van der Waals surface area contributed by atoms with E-state index in [1.807, 2.05) is 4.90 Å². The molecule has 1 unspecified atom stereocenters. The molecule has 13 heteroatoms. The normalized spacial score (nSPS) is 21.0. The van der Waals surface area contributed by atoms with Crippen LogP contribution >= 0.6 is 22.9 Å². The van der Waals surface area contributed by atoms with E-state index in [9.17, 15) is 4.39 Å². The minimum Gasteiger partial charge on any atom is -0.489 e. The first-order chi connectivity index (χ1) is 22.2. The molecule has 5 heterocycles. The third-order valence-corrected chi connectivity index (χ3v) is 10.6. The molecule has 3 aliphatic heterocycles. The summed E-state index contributed by atoms with van der Waals surface area (Å²) in [7, 11) is 1.60. The van der Waals surface area contributed by atoms with Crippen molar-refractivity contribution in [2.75, 3.05) is 57.2 Å². The number of fused-ring (bicyclic) bond motifs is 2. The summed E-state index contributed by atoms with van der Waals surface area (Å²) < 4.78 is 50.2. The maximum absolute atomic E-state index is 17.1. The Balaban J connectivity index is 1.47. The maximum Gasteiger partial charge on any atom is 0.319 e. The fraction of sp³-hybridized carbons (Fsp3) is 0.364. The van der Waals surface area contributed by atoms with Gasteiger partial charge in [0.15, 0.2) is 11.6 Å². The second-order valence-electron chi connectivity index (χ2n) is 11.9. The van der Waals surface area contributed by atoms with Crippen molar-refractivity contribution in [3.05, 3.63) is 65.0 Å². The number of methoxy groups -OCH3 is 1. The first kappa shape index (κ1) is 30.6. The van der Waals surface area contributed by atoms with Crippen LogP contribution in [0.3, 0.4) is 0 Å². The number of nitrogens with two attached hydrogens (primary N) is 1. The van der Waals surface area contributed by atoms with Gasteiger partial charge in [0, 0.05) is 31.1 Å². The quantitative estimate of drug-likeness (QED) is 0.157. The average molecular weight is 665 g/mol. The Kier molecular flexibility index (Phi) is 7.76. The fourth-order valence-electron chi connectivity index (χ4n) is 7.09. The van der Waals surface area contributed by atoms with Crippen LogP contribution in [0, 0.1) is 18.2 Å². The van der Waals surface area contributed by atoms with Gasteiger partial charge in [-0.15, -0.1) is 17.9 Å². The van der Waals surface area contributed by atoms with Crippen LogP contribution in [0.5, 0.6) is 11.8 Å². The van der Waals surface area contributed by atoms with E-state index in [-0.39, 0.29) is 77.8 Å². The molecule has 9 nitrogen and oxygen atoms in total. The highest BCUT2D eigenvalue weighted by atomic mass is 35.5. The number of ether oxygens (including phenoxy) is 3. The first-order valence-electron chi connectivity index (χ1n) is 14.9. The summed E-state index contributed by atoms with van der Waals surface area (Å²) in [6.07, 6.45) is 4.53. The molecular weight excluding hydrogens is 634 g/mol. The largest absolute Gasteiger partial charge is 0.489 e. The Bertz CT molecular complexity index is 1980. The Morgan fingerprint density at radius 3 is 2.91 bits per heavy atom. The van der Waals surface area contributed by atoms with Gasteiger partial charge in [-0.2, -0.15) is 9.97 Å². The number of hydrogen-bond donors (Lipinski definition) is 1. The highest BCUT2D eigenvalue weighted by Crippen LogP contribution is 2.53. The molecule has 0 saturated carbocycles. The van der Waals surface area contributed by atoms with Crippen LogP contribution in [0.25, 0.3) is 37.0 Å². The van der Waals surface area contributed by atoms with Crippen molar-refractivity contribution >= 4 is 60.4 Å². The molecule has 2 aromatic carbocycles. The lowest BCUT2D eigenvalue weighted by molar-refractivity contribution is 0.108. The number of nitrogen functional groups attached to an aromatic ring is 1. The van der Waals surface area contributed by atoms with Gasteiger partial charge in [-0.1, -0.05) is 35.9 Å². The van der Waals surface area contributed by atoms with E-state index in [1.165, 1.54) is 12.1 Å². The lowest BCUT2D eigenvalue weighted by Gasteiger charge is -2.31. The van der Waals surface area contributed by atoms with E-state index >= 15 is 4.39 Å². The SMILES string of the molecule is [C-]#[N+]c1c(N)sc2c(F)ccc(-c3c(Cl)c4c5c(nc(OC[C@@]67CCCN6CC(=C)C7)nc5c3F)N(CCOC)C(C=C)CO4)c12. The minimum atomic E-state index is -0.784. The Hall–Kier alpha value is -4.02. The summed E-state index contributed by atoms with van der Waals surface area (Å²) >= 11 is 7.95. The molecular formula is C33H31ClF2N6O3S. The summed E-state index contributed by atoms with van der Waals surface area (Å²) in [5, 5.41) is 0.513. The fourth-order valence-corrected chi connectivity index (χ4v) is 8.36. The van der Waals surface area contributed by atoms with Crippen molar-refractivity contribution in [2.45, 2.75) is 30.8 Å². The summed E-state index contributed by atoms with van der Waals surface area (Å²) in [5.74, 6) is -0.827. The number of halogens is 3. The zero-order valence-corrected chi connectivity index (χ0v) is 26.7. The molecule has 0 radical (unpaired) electrons. The van der Waals surface area contributed by atoms with E-state index in [0.717, 1.165) is 49.3 Å². The van der Waals surface area contributed by atoms with Crippen molar-refractivity contribution in [1.29, 1.82) is 0 Å². The topological polar surface area (TPSA) is 90.3 Å². The van der Waals surface area contributed by atoms with Gasteiger partial charge < -0.3 is 24.8 Å². The smallest absolute Gasteiger partial charge is 0.319 e. The molecule has 238 valence electrons. The Labute approximate surface area is 273 Å². The van der Waals surface area contributed by atoms with Crippen molar-refractivity contribution < 1.29 is 23.0 Å². The second kappa shape index (κ2) is 11.7. The summed E-state index contributed by atoms with van der Waals surface area (Å²) in [6, 6.07) is 2.23. The van der Waals surface area contributed by atoms with Crippen LogP contribution in [0.15, 0.2) is 36.9 Å². The van der Waals surface area contributed by atoms with Gasteiger partial charge in [0.25, 0.3) is 0 Å². The van der Waals surface area contributed by atoms with Crippen LogP contribution in [0.2, 0.25) is 5.02 Å². The number of hydrogen-bond acceptors (Lipinski definition) is 9. The van der Waals surface area contributed by atoms with Gasteiger partial charge in [-0.25, -0.2) is 13.6 Å². The molecule has 0 spiro atoms. The average Bonchev–Trinajstić information content (AvgIpc) is 3.65. The molecule has 4 aromatic rings. The maximum atomic E-state index is 17.1. The molecule has 2 fully saturated rings. The van der Waals surface area contributed by atoms with Crippen molar-refractivity contribution in [3.8, 4) is 22.9 Å². The third kappa shape index (κ3) is 4.68. The summed E-state index contributed by atoms with van der Waals surface area (Å²) in [5.41, 5.74) is 7.11. The summed E-state index contributed by atoms with van der Waals surface area (Å²) in [6.45, 7) is 18.9. The van der Waals surface area contributed by atoms with E-state index in [0.29, 0.717) is 25.6 Å². The first-order valence-corrected chi connectivity index (χ1v) is 16.1. The summed E-state index contributed by atoms with van der Waals surface area (Å²) in [4.78, 5) is 17.3. The predicted molar refractivity (Wildman–Crippen MR) is 177 cm³/mol. The molecule has 2 saturated heterocycles. The molecule has 46 heavy (non-hydrogen) atoms. The standard InChI is InChI=1S/C33H31ClF2N6O3S/c1-5-18-15-44-28-23-26(25(36)21(24(28)34)19-7-8-20(35)29-22(19)27(38-3)30(37)46-29)39-32(40-31(23)42(18)11-12-43-4)45-16-33-9-6-10-41(33)14-17(2)13-33/h5,7-8,18H,1-2,6,9-16,37H2,4H3/t18?,33-/m0/s1. The predicted octanol–water partition coefficient (Wildman–Crippen LogP) is 7.15. The third-order valence-electron chi connectivity index (χ3n) is 9.20. The monoisotopic (exact) mass is 664 g/mol. The van der Waals surface area contributed by atoms with Gasteiger partial charge in [-0.3, -0.25) is 4.90 Å². The van der Waals surface area contributed by atoms with Gasteiger partial charge in [0.2, 0.25) is 5.69 Å².